The summed E-state index contributed by atoms with van der Waals surface area (Å²) in [6.45, 7) is 0. The van der Waals surface area contributed by atoms with Crippen molar-refractivity contribution >= 4 is 11.6 Å². The van der Waals surface area contributed by atoms with Crippen LogP contribution in [0.2, 0.25) is 0 Å². The number of ether oxygens (including phenoxy) is 2. The molecule has 0 unspecified atom stereocenters. The van der Waals surface area contributed by atoms with Gasteiger partial charge in [-0.3, -0.25) is 0 Å². The van der Waals surface area contributed by atoms with Crippen LogP contribution in [0.1, 0.15) is 29.2 Å². The molecule has 0 radical (unpaired) electrons. The van der Waals surface area contributed by atoms with Crippen LogP contribution in [0.25, 0.3) is 5.70 Å². The number of rotatable bonds is 3. The summed E-state index contributed by atoms with van der Waals surface area (Å²) in [5.41, 5.74) is 6.19. The van der Waals surface area contributed by atoms with Crippen LogP contribution in [0, 0.1) is 0 Å². The quantitative estimate of drug-likeness (QED) is 0.772. The van der Waals surface area contributed by atoms with E-state index in [0.717, 1.165) is 35.8 Å². The van der Waals surface area contributed by atoms with E-state index in [0.29, 0.717) is 5.75 Å². The summed E-state index contributed by atoms with van der Waals surface area (Å²) in [6, 6.07) is 14.6. The van der Waals surface area contributed by atoms with Crippen molar-refractivity contribution in [1.29, 1.82) is 0 Å². The number of aromatic nitrogens is 3. The van der Waals surface area contributed by atoms with Gasteiger partial charge in [0, 0.05) is 5.56 Å². The van der Waals surface area contributed by atoms with E-state index in [1.54, 1.807) is 20.5 Å². The van der Waals surface area contributed by atoms with Crippen molar-refractivity contribution in [2.24, 2.45) is 0 Å². The van der Waals surface area contributed by atoms with E-state index in [9.17, 15) is 0 Å². The number of nitrogens with zero attached hydrogens (tertiary/aromatic N) is 3. The molecule has 0 fully saturated rings. The van der Waals surface area contributed by atoms with Crippen molar-refractivity contribution in [3.63, 3.8) is 0 Å². The molecule has 2 aliphatic rings. The van der Waals surface area contributed by atoms with Gasteiger partial charge in [-0.2, -0.15) is 10.1 Å². The van der Waals surface area contributed by atoms with Crippen LogP contribution < -0.4 is 14.8 Å². The largest absolute Gasteiger partial charge is 0.493 e. The Morgan fingerprint density at radius 3 is 2.74 bits per heavy atom. The Hall–Kier alpha value is -3.28. The topological polar surface area (TPSA) is 61.2 Å². The average Bonchev–Trinajstić information content (AvgIpc) is 3.19. The van der Waals surface area contributed by atoms with Gasteiger partial charge in [0.05, 0.1) is 19.9 Å². The van der Waals surface area contributed by atoms with Gasteiger partial charge in [0.2, 0.25) is 5.95 Å². The Morgan fingerprint density at radius 2 is 1.89 bits per heavy atom. The molecule has 0 spiro atoms. The lowest BCUT2D eigenvalue weighted by atomic mass is 9.83. The Bertz CT molecular complexity index is 1050. The first-order valence-corrected chi connectivity index (χ1v) is 9.00. The molecule has 0 saturated carbocycles. The van der Waals surface area contributed by atoms with Crippen molar-refractivity contribution in [3.8, 4) is 11.5 Å². The molecule has 1 aromatic heterocycles. The van der Waals surface area contributed by atoms with E-state index >= 15 is 0 Å². The number of allylic oxidation sites excluding steroid dienone is 1. The Labute approximate surface area is 157 Å². The van der Waals surface area contributed by atoms with E-state index in [-0.39, 0.29) is 6.04 Å². The first kappa shape index (κ1) is 15.9. The zero-order chi connectivity index (χ0) is 18.4. The highest BCUT2D eigenvalue weighted by Crippen LogP contribution is 2.44. The lowest BCUT2D eigenvalue weighted by Gasteiger charge is -2.34. The summed E-state index contributed by atoms with van der Waals surface area (Å²) in [5, 5.41) is 8.00. The number of methoxy groups -OCH3 is 2. The molecule has 2 heterocycles. The second-order valence-corrected chi connectivity index (χ2v) is 6.73. The van der Waals surface area contributed by atoms with Crippen molar-refractivity contribution in [1.82, 2.24) is 14.8 Å². The van der Waals surface area contributed by atoms with E-state index < -0.39 is 0 Å². The minimum absolute atomic E-state index is 0.0214. The van der Waals surface area contributed by atoms with Crippen LogP contribution in [0.5, 0.6) is 11.5 Å². The van der Waals surface area contributed by atoms with Crippen LogP contribution in [0.15, 0.2) is 54.4 Å². The second-order valence-electron chi connectivity index (χ2n) is 6.73. The normalized spacial score (nSPS) is 17.5. The molecular weight excluding hydrogens is 340 g/mol. The summed E-state index contributed by atoms with van der Waals surface area (Å²) < 4.78 is 12.9. The van der Waals surface area contributed by atoms with E-state index in [4.69, 9.17) is 9.47 Å². The average molecular weight is 360 g/mol. The zero-order valence-corrected chi connectivity index (χ0v) is 15.3. The SMILES string of the molecule is COc1ccc([C@@H]2C3=C(Nc4ncnn42)c2ccccc2CC3)cc1OC. The molecule has 5 rings (SSSR count). The fourth-order valence-corrected chi connectivity index (χ4v) is 4.12. The fraction of sp³-hybridized carbons (Fsp3) is 0.238. The van der Waals surface area contributed by atoms with Crippen molar-refractivity contribution in [2.75, 3.05) is 19.5 Å². The van der Waals surface area contributed by atoms with Crippen LogP contribution in [0.3, 0.4) is 0 Å². The number of aryl methyl sites for hydroxylation is 1. The summed E-state index contributed by atoms with van der Waals surface area (Å²) in [6.07, 6.45) is 3.59. The highest BCUT2D eigenvalue weighted by atomic mass is 16.5. The van der Waals surface area contributed by atoms with Crippen LogP contribution >= 0.6 is 0 Å². The minimum atomic E-state index is -0.0214. The van der Waals surface area contributed by atoms with Gasteiger partial charge in [0.1, 0.15) is 12.4 Å². The van der Waals surface area contributed by atoms with Gasteiger partial charge in [-0.25, -0.2) is 4.68 Å². The monoisotopic (exact) mass is 360 g/mol. The predicted octanol–water partition coefficient (Wildman–Crippen LogP) is 3.67. The highest BCUT2D eigenvalue weighted by Gasteiger charge is 2.34. The minimum Gasteiger partial charge on any atom is -0.493 e. The maximum Gasteiger partial charge on any atom is 0.226 e. The molecule has 1 aliphatic heterocycles. The maximum atomic E-state index is 5.53. The number of hydrogen-bond donors (Lipinski definition) is 1. The lowest BCUT2D eigenvalue weighted by Crippen LogP contribution is -2.27. The van der Waals surface area contributed by atoms with E-state index in [1.165, 1.54) is 16.7 Å². The summed E-state index contributed by atoms with van der Waals surface area (Å²) in [4.78, 5) is 4.42. The number of fused-ring (bicyclic) bond motifs is 3. The number of anilines is 1. The number of benzene rings is 2. The van der Waals surface area contributed by atoms with Crippen molar-refractivity contribution < 1.29 is 9.47 Å². The molecule has 0 bridgehead atoms. The van der Waals surface area contributed by atoms with E-state index in [1.807, 2.05) is 16.8 Å². The van der Waals surface area contributed by atoms with Gasteiger partial charge in [-0.1, -0.05) is 30.3 Å². The molecule has 6 nitrogen and oxygen atoms in total. The number of hydrogen-bond acceptors (Lipinski definition) is 5. The molecule has 2 aromatic carbocycles. The Kier molecular flexibility index (Phi) is 3.63. The van der Waals surface area contributed by atoms with Gasteiger partial charge < -0.3 is 14.8 Å². The van der Waals surface area contributed by atoms with Gasteiger partial charge in [-0.05, 0) is 41.7 Å². The molecular formula is C21H20N4O2. The van der Waals surface area contributed by atoms with Gasteiger partial charge >= 0.3 is 0 Å². The molecule has 6 heteroatoms. The van der Waals surface area contributed by atoms with Gasteiger partial charge in [0.15, 0.2) is 11.5 Å². The molecule has 0 saturated heterocycles. The third kappa shape index (κ3) is 2.40. The molecule has 27 heavy (non-hydrogen) atoms. The lowest BCUT2D eigenvalue weighted by molar-refractivity contribution is 0.354. The third-order valence-corrected chi connectivity index (χ3v) is 5.38. The van der Waals surface area contributed by atoms with Crippen LogP contribution in [-0.4, -0.2) is 29.0 Å². The maximum absolute atomic E-state index is 5.53. The van der Waals surface area contributed by atoms with Crippen molar-refractivity contribution in [2.45, 2.75) is 18.9 Å². The van der Waals surface area contributed by atoms with Gasteiger partial charge in [0.25, 0.3) is 0 Å². The zero-order valence-electron chi connectivity index (χ0n) is 15.3. The summed E-state index contributed by atoms with van der Waals surface area (Å²) in [7, 11) is 3.31. The number of nitrogens with one attached hydrogen (secondary N) is 1. The third-order valence-electron chi connectivity index (χ3n) is 5.38. The summed E-state index contributed by atoms with van der Waals surface area (Å²) >= 11 is 0. The molecule has 1 N–H and O–H groups in total. The molecule has 1 atom stereocenters. The molecule has 3 aromatic rings. The van der Waals surface area contributed by atoms with E-state index in [2.05, 4.69) is 45.7 Å². The highest BCUT2D eigenvalue weighted by molar-refractivity contribution is 5.83. The van der Waals surface area contributed by atoms with Crippen molar-refractivity contribution in [3.05, 3.63) is 71.1 Å². The fourth-order valence-electron chi connectivity index (χ4n) is 4.12. The first-order chi connectivity index (χ1) is 13.3. The predicted molar refractivity (Wildman–Crippen MR) is 103 cm³/mol. The Morgan fingerprint density at radius 1 is 1.04 bits per heavy atom. The molecule has 1 aliphatic carbocycles. The Balaban J connectivity index is 1.70. The second kappa shape index (κ2) is 6.16. The summed E-state index contributed by atoms with van der Waals surface area (Å²) in [5.74, 6) is 2.19. The standard InChI is InChI=1S/C21H20N4O2/c1-26-17-10-8-14(11-18(17)27-2)20-16-9-7-13-5-3-4-6-15(13)19(16)24-21-22-12-23-25(20)21/h3-6,8,10-12,20H,7,9H2,1-2H3,(H,22,23,24)/t20-/m1/s1. The molecule has 0 amide bonds. The van der Waals surface area contributed by atoms with Crippen LogP contribution in [0.4, 0.5) is 5.95 Å². The van der Waals surface area contributed by atoms with Gasteiger partial charge in [-0.15, -0.1) is 0 Å². The smallest absolute Gasteiger partial charge is 0.226 e. The molecule has 136 valence electrons. The first-order valence-electron chi connectivity index (χ1n) is 9.00. The van der Waals surface area contributed by atoms with Crippen LogP contribution in [-0.2, 0) is 6.42 Å².